The van der Waals surface area contributed by atoms with E-state index in [2.05, 4.69) is 22.1 Å². The van der Waals surface area contributed by atoms with Gasteiger partial charge in [-0.1, -0.05) is 6.92 Å². The Hall–Kier alpha value is -1.30. The molecule has 1 aromatic heterocycles. The van der Waals surface area contributed by atoms with Gasteiger partial charge in [0.1, 0.15) is 5.82 Å². The summed E-state index contributed by atoms with van der Waals surface area (Å²) in [7, 11) is 0. The van der Waals surface area contributed by atoms with E-state index in [1.165, 1.54) is 6.20 Å². The lowest BCUT2D eigenvalue weighted by Gasteiger charge is -2.31. The number of pyridine rings is 1. The molecule has 20 heavy (non-hydrogen) atoms. The van der Waals surface area contributed by atoms with Gasteiger partial charge in [0.25, 0.3) is 0 Å². The predicted molar refractivity (Wildman–Crippen MR) is 72.6 cm³/mol. The second-order valence-corrected chi connectivity index (χ2v) is 5.19. The van der Waals surface area contributed by atoms with Crippen LogP contribution < -0.4 is 5.32 Å². The maximum atomic E-state index is 12.6. The number of rotatable bonds is 4. The number of halogens is 3. The van der Waals surface area contributed by atoms with E-state index >= 15 is 0 Å². The molecule has 0 spiro atoms. The number of nitrogens with one attached hydrogen (secondary N) is 1. The first kappa shape index (κ1) is 15.1. The Morgan fingerprint density at radius 1 is 1.35 bits per heavy atom. The Bertz CT molecular complexity index is 426. The van der Waals surface area contributed by atoms with Gasteiger partial charge in [-0.05, 0) is 50.5 Å². The van der Waals surface area contributed by atoms with Crippen molar-refractivity contribution < 1.29 is 13.2 Å². The Morgan fingerprint density at radius 2 is 2.05 bits per heavy atom. The third-order valence-electron chi connectivity index (χ3n) is 3.81. The molecule has 0 radical (unpaired) electrons. The number of anilines is 1. The number of aromatic nitrogens is 1. The van der Waals surface area contributed by atoms with Crippen molar-refractivity contribution in [3.05, 3.63) is 23.9 Å². The van der Waals surface area contributed by atoms with Crippen LogP contribution in [0.5, 0.6) is 0 Å². The highest BCUT2D eigenvalue weighted by molar-refractivity contribution is 5.38. The van der Waals surface area contributed by atoms with Crippen molar-refractivity contribution in [2.45, 2.75) is 25.9 Å². The monoisotopic (exact) mass is 287 g/mol. The second kappa shape index (κ2) is 6.43. The number of hydrogen-bond acceptors (Lipinski definition) is 3. The van der Waals surface area contributed by atoms with Crippen LogP contribution in [0.4, 0.5) is 19.0 Å². The molecule has 0 bridgehead atoms. The van der Waals surface area contributed by atoms with Crippen molar-refractivity contribution in [1.82, 2.24) is 9.88 Å². The molecule has 0 aromatic carbocycles. The Morgan fingerprint density at radius 3 is 2.65 bits per heavy atom. The highest BCUT2D eigenvalue weighted by Crippen LogP contribution is 2.30. The Labute approximate surface area is 117 Å². The first-order valence-electron chi connectivity index (χ1n) is 6.98. The zero-order valence-electron chi connectivity index (χ0n) is 11.6. The van der Waals surface area contributed by atoms with Gasteiger partial charge >= 0.3 is 6.18 Å². The molecular weight excluding hydrogens is 267 g/mol. The largest absolute Gasteiger partial charge is 0.416 e. The van der Waals surface area contributed by atoms with Crippen LogP contribution in [0, 0.1) is 5.92 Å². The summed E-state index contributed by atoms with van der Waals surface area (Å²) in [5.41, 5.74) is -0.657. The zero-order chi connectivity index (χ0) is 14.6. The van der Waals surface area contributed by atoms with E-state index in [1.807, 2.05) is 0 Å². The summed E-state index contributed by atoms with van der Waals surface area (Å²) < 4.78 is 37.8. The van der Waals surface area contributed by atoms with Gasteiger partial charge in [0, 0.05) is 12.7 Å². The fraction of sp³-hybridized carbons (Fsp3) is 0.643. The van der Waals surface area contributed by atoms with E-state index in [0.717, 1.165) is 44.6 Å². The van der Waals surface area contributed by atoms with Crippen LogP contribution in [-0.2, 0) is 6.18 Å². The first-order chi connectivity index (χ1) is 9.49. The average molecular weight is 287 g/mol. The molecule has 1 saturated heterocycles. The summed E-state index contributed by atoms with van der Waals surface area (Å²) >= 11 is 0. The molecule has 0 saturated carbocycles. The van der Waals surface area contributed by atoms with Crippen molar-refractivity contribution in [3.8, 4) is 0 Å². The number of hydrogen-bond donors (Lipinski definition) is 1. The summed E-state index contributed by atoms with van der Waals surface area (Å²) in [6.45, 7) is 6.03. The fourth-order valence-electron chi connectivity index (χ4n) is 2.46. The van der Waals surface area contributed by atoms with E-state index in [1.54, 1.807) is 0 Å². The molecular formula is C14H20F3N3. The van der Waals surface area contributed by atoms with Gasteiger partial charge in [0.05, 0.1) is 5.56 Å². The molecule has 6 heteroatoms. The van der Waals surface area contributed by atoms with Gasteiger partial charge in [-0.25, -0.2) is 4.98 Å². The molecule has 0 aliphatic carbocycles. The lowest BCUT2D eigenvalue weighted by molar-refractivity contribution is -0.137. The van der Waals surface area contributed by atoms with Crippen molar-refractivity contribution in [3.63, 3.8) is 0 Å². The molecule has 0 atom stereocenters. The van der Waals surface area contributed by atoms with Crippen LogP contribution in [-0.4, -0.2) is 36.1 Å². The average Bonchev–Trinajstić information content (AvgIpc) is 2.45. The zero-order valence-corrected chi connectivity index (χ0v) is 11.6. The van der Waals surface area contributed by atoms with Crippen molar-refractivity contribution in [2.24, 2.45) is 5.92 Å². The lowest BCUT2D eigenvalue weighted by atomic mass is 9.97. The van der Waals surface area contributed by atoms with Crippen LogP contribution in [0.2, 0.25) is 0 Å². The predicted octanol–water partition coefficient (Wildman–Crippen LogP) is 3.24. The lowest BCUT2D eigenvalue weighted by Crippen LogP contribution is -2.35. The van der Waals surface area contributed by atoms with Crippen LogP contribution in [0.3, 0.4) is 0 Å². The van der Waals surface area contributed by atoms with Crippen LogP contribution in [0.25, 0.3) is 0 Å². The minimum absolute atomic E-state index is 0.303. The van der Waals surface area contributed by atoms with Crippen LogP contribution in [0.15, 0.2) is 18.3 Å². The molecule has 112 valence electrons. The summed E-state index contributed by atoms with van der Waals surface area (Å²) in [6.07, 6.45) is -0.948. The van der Waals surface area contributed by atoms with E-state index in [4.69, 9.17) is 0 Å². The van der Waals surface area contributed by atoms with Crippen LogP contribution >= 0.6 is 0 Å². The molecule has 1 aliphatic heterocycles. The number of alkyl halides is 3. The summed E-state index contributed by atoms with van der Waals surface area (Å²) in [5, 5.41) is 3.03. The minimum Gasteiger partial charge on any atom is -0.370 e. The van der Waals surface area contributed by atoms with Gasteiger partial charge in [-0.15, -0.1) is 0 Å². The topological polar surface area (TPSA) is 28.2 Å². The third kappa shape index (κ3) is 4.10. The minimum atomic E-state index is -4.31. The number of likely N-dealkylation sites (tertiary alicyclic amines) is 1. The molecule has 1 aliphatic rings. The standard InChI is InChI=1S/C14H20F3N3/c1-2-20-7-4-11(5-8-20)10-19-13-9-12(3-6-18-13)14(15,16)17/h3,6,9,11H,2,4-5,7-8,10H2,1H3,(H,18,19). The maximum absolute atomic E-state index is 12.6. The molecule has 2 heterocycles. The van der Waals surface area contributed by atoms with Gasteiger partial charge in [0.2, 0.25) is 0 Å². The SMILES string of the molecule is CCN1CCC(CNc2cc(C(F)(F)F)ccn2)CC1. The Kier molecular flexibility index (Phi) is 4.86. The normalized spacial score (nSPS) is 18.2. The van der Waals surface area contributed by atoms with Crippen LogP contribution in [0.1, 0.15) is 25.3 Å². The van der Waals surface area contributed by atoms with Gasteiger partial charge in [0.15, 0.2) is 0 Å². The summed E-state index contributed by atoms with van der Waals surface area (Å²) in [4.78, 5) is 6.33. The first-order valence-corrected chi connectivity index (χ1v) is 6.98. The highest BCUT2D eigenvalue weighted by Gasteiger charge is 2.30. The number of nitrogens with zero attached hydrogens (tertiary/aromatic N) is 2. The molecule has 2 rings (SSSR count). The molecule has 3 nitrogen and oxygen atoms in total. The molecule has 1 N–H and O–H groups in total. The van der Waals surface area contributed by atoms with Crippen molar-refractivity contribution >= 4 is 5.82 Å². The quantitative estimate of drug-likeness (QED) is 0.921. The highest BCUT2D eigenvalue weighted by atomic mass is 19.4. The van der Waals surface area contributed by atoms with E-state index < -0.39 is 11.7 Å². The molecule has 0 amide bonds. The van der Waals surface area contributed by atoms with E-state index in [9.17, 15) is 13.2 Å². The van der Waals surface area contributed by atoms with Crippen molar-refractivity contribution in [2.75, 3.05) is 31.5 Å². The molecule has 1 aromatic rings. The van der Waals surface area contributed by atoms with Gasteiger partial charge < -0.3 is 10.2 Å². The molecule has 0 unspecified atom stereocenters. The van der Waals surface area contributed by atoms with Gasteiger partial charge in [-0.2, -0.15) is 13.2 Å². The molecule has 1 fully saturated rings. The second-order valence-electron chi connectivity index (χ2n) is 5.19. The fourth-order valence-corrected chi connectivity index (χ4v) is 2.46. The van der Waals surface area contributed by atoms with E-state index in [0.29, 0.717) is 18.3 Å². The van der Waals surface area contributed by atoms with E-state index in [-0.39, 0.29) is 0 Å². The Balaban J connectivity index is 1.85. The summed E-state index contributed by atoms with van der Waals surface area (Å²) in [5.74, 6) is 0.812. The number of piperidine rings is 1. The van der Waals surface area contributed by atoms with Gasteiger partial charge in [-0.3, -0.25) is 0 Å². The third-order valence-corrected chi connectivity index (χ3v) is 3.81. The van der Waals surface area contributed by atoms with Crippen molar-refractivity contribution in [1.29, 1.82) is 0 Å². The summed E-state index contributed by atoms with van der Waals surface area (Å²) in [6, 6.07) is 2.06. The smallest absolute Gasteiger partial charge is 0.370 e. The maximum Gasteiger partial charge on any atom is 0.416 e.